The Morgan fingerprint density at radius 2 is 1.87 bits per heavy atom. The minimum Gasteiger partial charge on any atom is -0.461 e. The molecule has 0 aromatic rings. The van der Waals surface area contributed by atoms with Crippen LogP contribution in [0.5, 0.6) is 0 Å². The lowest BCUT2D eigenvalue weighted by atomic mass is 9.38. The number of nitrogens with zero attached hydrogens (tertiary/aromatic N) is 1. The summed E-state index contributed by atoms with van der Waals surface area (Å²) in [6.07, 6.45) is -1.67. The first-order valence-electron chi connectivity index (χ1n) is 22.6. The SMILES string of the molecule is [2H]C([2H])(C)N1[C@@]2([2H])C([2H])([2H])C(C)(C)[C@]1([2H])C([2H])(C)[C@@]([2H])(SCC(=O)O[C@@H]1C(C)[C@@](C)(/C=C\C)[C@@H](O)[C@H](C)C34CCC(=O)C3C1(C(C)C)C(C(C)C)CC4)C2([2H])[2H]. The zero-order chi connectivity index (χ0) is 43.2. The number of Topliss-reactive ketones (excluding diaryl/α,β-unsaturated/α-hetero) is 1. The van der Waals surface area contributed by atoms with Crippen LogP contribution in [0, 0.1) is 63.1 Å². The maximum Gasteiger partial charge on any atom is 0.316 e. The molecule has 13 atom stereocenters. The zero-order valence-electron chi connectivity index (χ0n) is 40.3. The van der Waals surface area contributed by atoms with Crippen LogP contribution in [-0.2, 0) is 14.3 Å². The summed E-state index contributed by atoms with van der Waals surface area (Å²) in [5.74, 6) is -5.42. The number of thioether (sulfide) groups is 1. The third-order valence-corrected chi connectivity index (χ3v) is 14.4. The van der Waals surface area contributed by atoms with Crippen LogP contribution in [-0.4, -0.2) is 63.5 Å². The molecule has 2 aliphatic heterocycles. The third-order valence-electron chi connectivity index (χ3n) is 13.3. The van der Waals surface area contributed by atoms with Gasteiger partial charge in [-0.15, -0.1) is 11.8 Å². The van der Waals surface area contributed by atoms with E-state index in [1.165, 1.54) is 13.8 Å². The molecule has 0 aromatic carbocycles. The molecule has 0 spiro atoms. The summed E-state index contributed by atoms with van der Waals surface area (Å²) in [4.78, 5) is 29.6. The van der Waals surface area contributed by atoms with Crippen molar-refractivity contribution in [3.63, 3.8) is 0 Å². The number of allylic oxidation sites excluding steroid dienone is 1. The number of piperidine rings is 1. The lowest BCUT2D eigenvalue weighted by molar-refractivity contribution is -0.246. The number of ketones is 1. The molecule has 2 saturated heterocycles. The average Bonchev–Trinajstić information content (AvgIpc) is 3.47. The summed E-state index contributed by atoms with van der Waals surface area (Å²) in [6, 6.07) is -5.83. The van der Waals surface area contributed by atoms with Crippen molar-refractivity contribution in [1.29, 1.82) is 0 Å². The lowest BCUT2D eigenvalue weighted by Gasteiger charge is -2.67. The molecule has 5 aliphatic rings. The first-order valence-corrected chi connectivity index (χ1v) is 18.6. The molecule has 0 amide bonds. The highest BCUT2D eigenvalue weighted by atomic mass is 32.2. The molecule has 3 aliphatic carbocycles. The second-order valence-electron chi connectivity index (χ2n) is 16.3. The van der Waals surface area contributed by atoms with Crippen molar-refractivity contribution < 1.29 is 33.1 Å². The maximum atomic E-state index is 14.7. The average molecular weight is 668 g/mol. The summed E-state index contributed by atoms with van der Waals surface area (Å²) in [6.45, 7) is 18.3. The van der Waals surface area contributed by atoms with Gasteiger partial charge in [0.1, 0.15) is 11.9 Å². The lowest BCUT2D eigenvalue weighted by Crippen LogP contribution is -2.69. The van der Waals surface area contributed by atoms with Crippen LogP contribution in [0.4, 0.5) is 0 Å². The Kier molecular flexibility index (Phi) is 7.00. The van der Waals surface area contributed by atoms with Crippen molar-refractivity contribution in [3.05, 3.63) is 12.2 Å². The normalized spacial score (nSPS) is 59.4. The molecule has 262 valence electrons. The van der Waals surface area contributed by atoms with E-state index in [0.717, 1.165) is 26.7 Å². The molecular weight excluding hydrogens is 591 g/mol. The van der Waals surface area contributed by atoms with Gasteiger partial charge in [-0.1, -0.05) is 88.3 Å². The highest BCUT2D eigenvalue weighted by Gasteiger charge is 2.73. The van der Waals surface area contributed by atoms with Gasteiger partial charge in [0.2, 0.25) is 0 Å². The maximum absolute atomic E-state index is 14.7. The zero-order valence-corrected chi connectivity index (χ0v) is 31.2. The predicted molar refractivity (Wildman–Crippen MR) is 191 cm³/mol. The van der Waals surface area contributed by atoms with Gasteiger partial charge in [0.15, 0.2) is 0 Å². The van der Waals surface area contributed by atoms with Crippen LogP contribution < -0.4 is 0 Å². The van der Waals surface area contributed by atoms with Gasteiger partial charge in [-0.05, 0) is 85.8 Å². The molecule has 5 fully saturated rings. The fourth-order valence-electron chi connectivity index (χ4n) is 11.2. The number of esters is 1. The number of aliphatic hydroxyl groups excluding tert-OH is 1. The number of ether oxygens (including phenoxy) is 1. The largest absolute Gasteiger partial charge is 0.461 e. The summed E-state index contributed by atoms with van der Waals surface area (Å²) >= 11 is 0.391. The van der Waals surface area contributed by atoms with Crippen molar-refractivity contribution in [1.82, 2.24) is 4.90 Å². The number of rotatable bonds is 8. The molecule has 6 unspecified atom stereocenters. The molecule has 5 rings (SSSR count). The van der Waals surface area contributed by atoms with E-state index in [4.69, 9.17) is 10.2 Å². The molecular formula is C40H67NO4S. The first kappa shape index (κ1) is 25.2. The van der Waals surface area contributed by atoms with E-state index < -0.39 is 99.8 Å². The van der Waals surface area contributed by atoms with E-state index in [1.54, 1.807) is 0 Å². The molecule has 3 saturated carbocycles. The Balaban J connectivity index is 1.67. The number of carbonyl (C=O) groups is 2. The number of aliphatic hydroxyl groups is 1. The summed E-state index contributed by atoms with van der Waals surface area (Å²) in [7, 11) is 0. The Morgan fingerprint density at radius 1 is 1.20 bits per heavy atom. The molecule has 0 aromatic heterocycles. The monoisotopic (exact) mass is 668 g/mol. The third kappa shape index (κ3) is 5.22. The molecule has 1 N–H and O–H groups in total. The second kappa shape index (κ2) is 12.8. The van der Waals surface area contributed by atoms with Gasteiger partial charge in [0.25, 0.3) is 0 Å². The Labute approximate surface area is 299 Å². The topological polar surface area (TPSA) is 66.8 Å². The fourth-order valence-corrected chi connectivity index (χ4v) is 12.0. The van der Waals surface area contributed by atoms with Crippen molar-refractivity contribution in [2.75, 3.05) is 12.2 Å². The fraction of sp³-hybridized carbons (Fsp3) is 0.900. The number of hydrogen-bond acceptors (Lipinski definition) is 6. The highest BCUT2D eigenvalue weighted by molar-refractivity contribution is 8.00. The van der Waals surface area contributed by atoms with E-state index in [0.29, 0.717) is 29.5 Å². The van der Waals surface area contributed by atoms with Crippen LogP contribution >= 0.6 is 11.8 Å². The van der Waals surface area contributed by atoms with Gasteiger partial charge in [0, 0.05) is 60.1 Å². The Morgan fingerprint density at radius 3 is 2.46 bits per heavy atom. The molecule has 4 bridgehead atoms. The van der Waals surface area contributed by atoms with Crippen LogP contribution in [0.15, 0.2) is 12.2 Å². The quantitative estimate of drug-likeness (QED) is 0.207. The van der Waals surface area contributed by atoms with Gasteiger partial charge in [-0.25, -0.2) is 0 Å². The van der Waals surface area contributed by atoms with E-state index >= 15 is 0 Å². The van der Waals surface area contributed by atoms with Crippen LogP contribution in [0.25, 0.3) is 0 Å². The molecule has 6 heteroatoms. The first-order chi connectivity index (χ1) is 25.1. The van der Waals surface area contributed by atoms with E-state index in [-0.39, 0.29) is 29.5 Å². The van der Waals surface area contributed by atoms with E-state index in [1.807, 2.05) is 32.9 Å². The van der Waals surface area contributed by atoms with Crippen molar-refractivity contribution in [3.8, 4) is 0 Å². The van der Waals surface area contributed by atoms with Gasteiger partial charge >= 0.3 is 5.97 Å². The minimum absolute atomic E-state index is 0.0409. The van der Waals surface area contributed by atoms with Crippen LogP contribution in [0.2, 0.25) is 0 Å². The number of hydrogen-bond donors (Lipinski definition) is 1. The minimum atomic E-state index is -3.33. The Hall–Kier alpha value is -0.850. The van der Waals surface area contributed by atoms with E-state index in [2.05, 4.69) is 34.6 Å². The van der Waals surface area contributed by atoms with Crippen molar-refractivity contribution in [2.45, 2.75) is 151 Å². The molecule has 46 heavy (non-hydrogen) atoms. The molecule has 0 radical (unpaired) electrons. The van der Waals surface area contributed by atoms with Gasteiger partial charge in [0.05, 0.1) is 11.9 Å². The smallest absolute Gasteiger partial charge is 0.316 e. The summed E-state index contributed by atoms with van der Waals surface area (Å²) in [5.41, 5.74) is -4.33. The van der Waals surface area contributed by atoms with E-state index in [9.17, 15) is 22.9 Å². The predicted octanol–water partition coefficient (Wildman–Crippen LogP) is 8.43. The highest BCUT2D eigenvalue weighted by Crippen LogP contribution is 2.72. The Bertz CT molecular complexity index is 1600. The van der Waals surface area contributed by atoms with Gasteiger partial charge in [-0.3, -0.25) is 14.5 Å². The van der Waals surface area contributed by atoms with Gasteiger partial charge in [-0.2, -0.15) is 0 Å². The van der Waals surface area contributed by atoms with Gasteiger partial charge < -0.3 is 9.84 Å². The molecule has 2 heterocycles. The summed E-state index contributed by atoms with van der Waals surface area (Å²) in [5, 5.41) is 9.53. The number of fused-ring (bicyclic) bond motifs is 2. The molecule has 5 nitrogen and oxygen atoms in total. The second-order valence-corrected chi connectivity index (χ2v) is 17.3. The summed E-state index contributed by atoms with van der Waals surface area (Å²) < 4.78 is 100.0. The van der Waals surface area contributed by atoms with Crippen LogP contribution in [0.1, 0.15) is 135 Å². The van der Waals surface area contributed by atoms with Crippen LogP contribution in [0.3, 0.4) is 0 Å². The van der Waals surface area contributed by atoms with Crippen molar-refractivity contribution >= 4 is 23.5 Å². The number of carbonyl (C=O) groups excluding carboxylic acids is 2. The van der Waals surface area contributed by atoms with Crippen molar-refractivity contribution in [2.24, 2.45) is 63.1 Å². The standard InChI is InChI=1S/C40H67NO4S/c1-13-17-38(12)27(9)36(45-32(43)22-46-31-20-28-21-37(10,11)34(25(31)7)41(28)14-2)40(24(5)6)29(23(3)4)15-18-39(26(8)35(38)44)19-16-30(42)33(39)40/h13,17,23-29,31,33-36,44H,14-16,18-22H2,1-12H3/b17-13-/t25?,26-,27?,28+,29?,31-,33?,34-,35-,36+,38+,39?,40?/m0/s1/i14D2,20D2,21D2,25D,28D,31D,34D.